The highest BCUT2D eigenvalue weighted by atomic mass is 35.5. The van der Waals surface area contributed by atoms with E-state index < -0.39 is 17.6 Å². The second-order valence-electron chi connectivity index (χ2n) is 7.69. The highest BCUT2D eigenvalue weighted by molar-refractivity contribution is 6.31. The second kappa shape index (κ2) is 7.54. The van der Waals surface area contributed by atoms with Crippen molar-refractivity contribution in [2.45, 2.75) is 44.3 Å². The number of carbonyl (C=O) groups is 1. The number of nitrogens with one attached hydrogen (secondary N) is 1. The molecule has 6 nitrogen and oxygen atoms in total. The lowest BCUT2D eigenvalue weighted by molar-refractivity contribution is 0.00692. The van der Waals surface area contributed by atoms with E-state index in [2.05, 4.69) is 17.0 Å². The zero-order valence-corrected chi connectivity index (χ0v) is 16.9. The number of nitrogens with zero attached hydrogens (tertiary/aromatic N) is 3. The van der Waals surface area contributed by atoms with Gasteiger partial charge in [0, 0.05) is 31.0 Å². The molecule has 0 bridgehead atoms. The van der Waals surface area contributed by atoms with Gasteiger partial charge in [0.15, 0.2) is 0 Å². The molecular weight excluding hydrogens is 419 g/mol. The number of primary amides is 1. The molecule has 1 amide bonds. The number of nitrogens with two attached hydrogens (primary N) is 1. The number of rotatable bonds is 5. The standard InChI is InChI=1S/C20H21ClF3N5O/c1-11(26-13-4-5-20(23,24)9-13)28-6-7-29-16(10-28)17(19(25)30)18(27-29)12-2-3-15(22)14(21)8-12/h2-3,8,13,26H,1,4-7,9-10H2,(H2,25,30). The van der Waals surface area contributed by atoms with Crippen LogP contribution in [0.4, 0.5) is 13.2 Å². The minimum atomic E-state index is -2.65. The summed E-state index contributed by atoms with van der Waals surface area (Å²) in [6, 6.07) is 3.75. The van der Waals surface area contributed by atoms with E-state index in [0.29, 0.717) is 42.3 Å². The van der Waals surface area contributed by atoms with Crippen LogP contribution in [0.3, 0.4) is 0 Å². The Morgan fingerprint density at radius 2 is 2.13 bits per heavy atom. The summed E-state index contributed by atoms with van der Waals surface area (Å²) >= 11 is 5.88. The van der Waals surface area contributed by atoms with E-state index in [9.17, 15) is 18.0 Å². The molecule has 160 valence electrons. The summed E-state index contributed by atoms with van der Waals surface area (Å²) in [5.74, 6) is -3.37. The first-order chi connectivity index (χ1) is 14.1. The molecule has 3 N–H and O–H groups in total. The Labute approximate surface area is 176 Å². The van der Waals surface area contributed by atoms with Gasteiger partial charge in [0.2, 0.25) is 5.92 Å². The molecule has 1 aromatic carbocycles. The van der Waals surface area contributed by atoms with Gasteiger partial charge in [-0.2, -0.15) is 5.10 Å². The highest BCUT2D eigenvalue weighted by Gasteiger charge is 2.40. The molecule has 1 atom stereocenters. The number of alkyl halides is 2. The molecule has 30 heavy (non-hydrogen) atoms. The van der Waals surface area contributed by atoms with Crippen LogP contribution in [0.1, 0.15) is 35.3 Å². The van der Waals surface area contributed by atoms with E-state index in [4.69, 9.17) is 17.3 Å². The van der Waals surface area contributed by atoms with Crippen molar-refractivity contribution >= 4 is 17.5 Å². The Morgan fingerprint density at radius 1 is 1.37 bits per heavy atom. The van der Waals surface area contributed by atoms with Crippen molar-refractivity contribution in [2.75, 3.05) is 6.54 Å². The number of hydrogen-bond acceptors (Lipinski definition) is 4. The average Bonchev–Trinajstić information content (AvgIpc) is 3.22. The fraction of sp³-hybridized carbons (Fsp3) is 0.400. The maximum Gasteiger partial charge on any atom is 0.252 e. The third kappa shape index (κ3) is 3.86. The number of hydrogen-bond donors (Lipinski definition) is 2. The van der Waals surface area contributed by atoms with Crippen molar-refractivity contribution in [2.24, 2.45) is 5.73 Å². The Morgan fingerprint density at radius 3 is 2.77 bits per heavy atom. The first-order valence-corrected chi connectivity index (χ1v) is 9.95. The molecule has 2 aliphatic rings. The van der Waals surface area contributed by atoms with Crippen LogP contribution < -0.4 is 11.1 Å². The van der Waals surface area contributed by atoms with Gasteiger partial charge in [-0.15, -0.1) is 0 Å². The zero-order valence-electron chi connectivity index (χ0n) is 16.1. The monoisotopic (exact) mass is 439 g/mol. The number of amides is 1. The maximum absolute atomic E-state index is 13.5. The van der Waals surface area contributed by atoms with Gasteiger partial charge in [0.05, 0.1) is 35.2 Å². The van der Waals surface area contributed by atoms with Crippen molar-refractivity contribution in [3.05, 3.63) is 52.7 Å². The zero-order chi connectivity index (χ0) is 21.6. The van der Waals surface area contributed by atoms with Crippen LogP contribution in [-0.4, -0.2) is 39.1 Å². The van der Waals surface area contributed by atoms with Crippen LogP contribution in [0.25, 0.3) is 11.3 Å². The molecule has 0 radical (unpaired) electrons. The fourth-order valence-electron chi connectivity index (χ4n) is 4.05. The minimum absolute atomic E-state index is 0.0820. The van der Waals surface area contributed by atoms with Gasteiger partial charge in [-0.05, 0) is 24.6 Å². The Bertz CT molecular complexity index is 1020. The summed E-state index contributed by atoms with van der Waals surface area (Å²) in [6.45, 7) is 5.26. The lowest BCUT2D eigenvalue weighted by Crippen LogP contribution is -2.41. The van der Waals surface area contributed by atoms with Crippen LogP contribution in [0.5, 0.6) is 0 Å². The van der Waals surface area contributed by atoms with Gasteiger partial charge >= 0.3 is 0 Å². The van der Waals surface area contributed by atoms with E-state index in [1.807, 2.05) is 4.90 Å². The molecular formula is C20H21ClF3N5O. The van der Waals surface area contributed by atoms with E-state index in [-0.39, 0.29) is 36.0 Å². The SMILES string of the molecule is C=C(NC1CCC(F)(F)C1)N1CCn2nc(-c3ccc(F)c(Cl)c3)c(C(N)=O)c2C1. The molecule has 1 unspecified atom stereocenters. The number of fused-ring (bicyclic) bond motifs is 1. The average molecular weight is 440 g/mol. The summed E-state index contributed by atoms with van der Waals surface area (Å²) in [5.41, 5.74) is 7.25. The van der Waals surface area contributed by atoms with Gasteiger partial charge in [0.25, 0.3) is 5.91 Å². The number of carbonyl (C=O) groups excluding carboxylic acids is 1. The quantitative estimate of drug-likeness (QED) is 0.747. The summed E-state index contributed by atoms with van der Waals surface area (Å²) in [5, 5.41) is 7.49. The summed E-state index contributed by atoms with van der Waals surface area (Å²) < 4.78 is 42.1. The van der Waals surface area contributed by atoms with Crippen molar-refractivity contribution in [1.82, 2.24) is 20.0 Å². The Kier molecular flexibility index (Phi) is 5.17. The van der Waals surface area contributed by atoms with Crippen molar-refractivity contribution < 1.29 is 18.0 Å². The molecule has 2 heterocycles. The van der Waals surface area contributed by atoms with Crippen LogP contribution in [0, 0.1) is 5.82 Å². The van der Waals surface area contributed by atoms with E-state index >= 15 is 0 Å². The Balaban J connectivity index is 1.58. The van der Waals surface area contributed by atoms with E-state index in [0.717, 1.165) is 0 Å². The molecule has 0 saturated heterocycles. The molecule has 1 aromatic heterocycles. The second-order valence-corrected chi connectivity index (χ2v) is 8.10. The minimum Gasteiger partial charge on any atom is -0.369 e. The van der Waals surface area contributed by atoms with Gasteiger partial charge < -0.3 is 16.0 Å². The third-order valence-corrected chi connectivity index (χ3v) is 5.87. The molecule has 1 saturated carbocycles. The maximum atomic E-state index is 13.5. The lowest BCUT2D eigenvalue weighted by atomic mass is 10.0. The summed E-state index contributed by atoms with van der Waals surface area (Å²) in [7, 11) is 0. The number of aromatic nitrogens is 2. The normalized spacial score (nSPS) is 20.1. The van der Waals surface area contributed by atoms with Gasteiger partial charge in [-0.25, -0.2) is 13.2 Å². The van der Waals surface area contributed by atoms with Crippen LogP contribution in [0.2, 0.25) is 5.02 Å². The topological polar surface area (TPSA) is 76.2 Å². The highest BCUT2D eigenvalue weighted by Crippen LogP contribution is 2.36. The van der Waals surface area contributed by atoms with Crippen LogP contribution in [0.15, 0.2) is 30.6 Å². The lowest BCUT2D eigenvalue weighted by Gasteiger charge is -2.33. The van der Waals surface area contributed by atoms with E-state index in [1.54, 1.807) is 4.68 Å². The molecule has 1 aliphatic carbocycles. The van der Waals surface area contributed by atoms with Crippen LogP contribution in [-0.2, 0) is 13.1 Å². The molecule has 0 spiro atoms. The molecule has 4 rings (SSSR count). The predicted molar refractivity (Wildman–Crippen MR) is 106 cm³/mol. The van der Waals surface area contributed by atoms with Crippen LogP contribution >= 0.6 is 11.6 Å². The van der Waals surface area contributed by atoms with Crippen molar-refractivity contribution in [1.29, 1.82) is 0 Å². The number of benzene rings is 1. The van der Waals surface area contributed by atoms with Crippen molar-refractivity contribution in [3.63, 3.8) is 0 Å². The van der Waals surface area contributed by atoms with Gasteiger partial charge in [0.1, 0.15) is 11.5 Å². The molecule has 10 heteroatoms. The van der Waals surface area contributed by atoms with E-state index in [1.165, 1.54) is 18.2 Å². The smallest absolute Gasteiger partial charge is 0.252 e. The molecule has 1 fully saturated rings. The summed E-state index contributed by atoms with van der Waals surface area (Å²) in [4.78, 5) is 14.1. The largest absolute Gasteiger partial charge is 0.369 e. The van der Waals surface area contributed by atoms with Gasteiger partial charge in [-0.3, -0.25) is 9.48 Å². The first-order valence-electron chi connectivity index (χ1n) is 9.58. The molecule has 1 aliphatic heterocycles. The fourth-order valence-corrected chi connectivity index (χ4v) is 4.23. The first kappa shape index (κ1) is 20.6. The molecule has 2 aromatic rings. The number of halogens is 4. The van der Waals surface area contributed by atoms with Gasteiger partial charge in [-0.1, -0.05) is 18.2 Å². The summed E-state index contributed by atoms with van der Waals surface area (Å²) in [6.07, 6.45) is 0.0136. The Hall–Kier alpha value is -2.68. The third-order valence-electron chi connectivity index (χ3n) is 5.58. The van der Waals surface area contributed by atoms with Crippen molar-refractivity contribution in [3.8, 4) is 11.3 Å². The predicted octanol–water partition coefficient (Wildman–Crippen LogP) is 3.51.